The standard InChI is InChI=1S/C21H19N5S/c1-16-7-9-17(10-8-16)15-27-21-25-24-20(19-6-2-3-12-23-19)26(21)14-18-5-4-11-22-13-18/h2-13H,14-15H2,1H3. The van der Waals surface area contributed by atoms with Crippen molar-refractivity contribution < 1.29 is 0 Å². The summed E-state index contributed by atoms with van der Waals surface area (Å²) in [5.74, 6) is 1.61. The fourth-order valence-electron chi connectivity index (χ4n) is 2.73. The molecule has 0 aliphatic carbocycles. The Morgan fingerprint density at radius 3 is 2.52 bits per heavy atom. The smallest absolute Gasteiger partial charge is 0.192 e. The van der Waals surface area contributed by atoms with Crippen LogP contribution in [0, 0.1) is 6.92 Å². The van der Waals surface area contributed by atoms with E-state index in [0.717, 1.165) is 28.0 Å². The van der Waals surface area contributed by atoms with Crippen LogP contribution in [0.5, 0.6) is 0 Å². The number of hydrogen-bond acceptors (Lipinski definition) is 5. The van der Waals surface area contributed by atoms with E-state index >= 15 is 0 Å². The molecule has 0 fully saturated rings. The van der Waals surface area contributed by atoms with Crippen LogP contribution in [0.3, 0.4) is 0 Å². The second-order valence-corrected chi connectivity index (χ2v) is 7.19. The molecule has 134 valence electrons. The summed E-state index contributed by atoms with van der Waals surface area (Å²) in [5.41, 5.74) is 4.45. The predicted octanol–water partition coefficient (Wildman–Crippen LogP) is 4.38. The number of nitrogens with zero attached hydrogens (tertiary/aromatic N) is 5. The summed E-state index contributed by atoms with van der Waals surface area (Å²) in [5, 5.41) is 9.73. The number of benzene rings is 1. The lowest BCUT2D eigenvalue weighted by molar-refractivity contribution is 0.711. The highest BCUT2D eigenvalue weighted by atomic mass is 32.2. The van der Waals surface area contributed by atoms with Crippen molar-refractivity contribution in [3.63, 3.8) is 0 Å². The van der Waals surface area contributed by atoms with Crippen LogP contribution in [0.2, 0.25) is 0 Å². The maximum Gasteiger partial charge on any atom is 0.192 e. The molecule has 0 atom stereocenters. The van der Waals surface area contributed by atoms with Crippen molar-refractivity contribution >= 4 is 11.8 Å². The van der Waals surface area contributed by atoms with E-state index in [1.54, 1.807) is 24.2 Å². The largest absolute Gasteiger partial charge is 0.296 e. The van der Waals surface area contributed by atoms with Crippen molar-refractivity contribution in [1.82, 2.24) is 24.7 Å². The fourth-order valence-corrected chi connectivity index (χ4v) is 3.62. The lowest BCUT2D eigenvalue weighted by atomic mass is 10.2. The molecule has 5 nitrogen and oxygen atoms in total. The minimum Gasteiger partial charge on any atom is -0.296 e. The quantitative estimate of drug-likeness (QED) is 0.469. The van der Waals surface area contributed by atoms with Crippen molar-refractivity contribution in [2.45, 2.75) is 24.4 Å². The van der Waals surface area contributed by atoms with Gasteiger partial charge in [-0.05, 0) is 36.2 Å². The van der Waals surface area contributed by atoms with Crippen molar-refractivity contribution in [3.8, 4) is 11.5 Å². The molecule has 3 heterocycles. The number of thioether (sulfide) groups is 1. The summed E-state index contributed by atoms with van der Waals surface area (Å²) in [6, 6.07) is 18.4. The molecule has 4 aromatic rings. The van der Waals surface area contributed by atoms with Gasteiger partial charge in [0.25, 0.3) is 0 Å². The van der Waals surface area contributed by atoms with E-state index < -0.39 is 0 Å². The minimum absolute atomic E-state index is 0.656. The van der Waals surface area contributed by atoms with Crippen LogP contribution in [-0.4, -0.2) is 24.7 Å². The lowest BCUT2D eigenvalue weighted by Crippen LogP contribution is -2.05. The van der Waals surface area contributed by atoms with E-state index in [9.17, 15) is 0 Å². The second kappa shape index (κ2) is 8.14. The van der Waals surface area contributed by atoms with Gasteiger partial charge in [-0.2, -0.15) is 0 Å². The first kappa shape index (κ1) is 17.4. The van der Waals surface area contributed by atoms with Crippen molar-refractivity contribution in [2.75, 3.05) is 0 Å². The molecule has 0 bridgehead atoms. The van der Waals surface area contributed by atoms with Crippen LogP contribution in [0.15, 0.2) is 78.3 Å². The normalized spacial score (nSPS) is 10.9. The maximum absolute atomic E-state index is 4.44. The number of hydrogen-bond donors (Lipinski definition) is 0. The maximum atomic E-state index is 4.44. The summed E-state index contributed by atoms with van der Waals surface area (Å²) in [4.78, 5) is 8.67. The van der Waals surface area contributed by atoms with Gasteiger partial charge >= 0.3 is 0 Å². The Kier molecular flexibility index (Phi) is 5.25. The summed E-state index contributed by atoms with van der Waals surface area (Å²) in [6.07, 6.45) is 5.43. The van der Waals surface area contributed by atoms with Gasteiger partial charge in [0.1, 0.15) is 5.69 Å². The zero-order valence-electron chi connectivity index (χ0n) is 15.0. The van der Waals surface area contributed by atoms with Crippen LogP contribution < -0.4 is 0 Å². The minimum atomic E-state index is 0.656. The SMILES string of the molecule is Cc1ccc(CSc2nnc(-c3ccccn3)n2Cc2cccnc2)cc1. The Balaban J connectivity index is 1.64. The molecule has 0 saturated carbocycles. The number of aryl methyl sites for hydroxylation is 1. The zero-order chi connectivity index (χ0) is 18.5. The van der Waals surface area contributed by atoms with Gasteiger partial charge in [-0.25, -0.2) is 0 Å². The summed E-state index contributed by atoms with van der Waals surface area (Å²) >= 11 is 1.68. The molecule has 3 aromatic heterocycles. The average molecular weight is 373 g/mol. The second-order valence-electron chi connectivity index (χ2n) is 6.24. The van der Waals surface area contributed by atoms with E-state index in [4.69, 9.17) is 0 Å². The van der Waals surface area contributed by atoms with Gasteiger partial charge in [-0.15, -0.1) is 10.2 Å². The highest BCUT2D eigenvalue weighted by Crippen LogP contribution is 2.26. The zero-order valence-corrected chi connectivity index (χ0v) is 15.8. The number of rotatable bonds is 6. The van der Waals surface area contributed by atoms with Gasteiger partial charge in [-0.3, -0.25) is 14.5 Å². The van der Waals surface area contributed by atoms with Crippen LogP contribution >= 0.6 is 11.8 Å². The van der Waals surface area contributed by atoms with Crippen LogP contribution in [0.1, 0.15) is 16.7 Å². The van der Waals surface area contributed by atoms with Crippen molar-refractivity contribution in [2.24, 2.45) is 0 Å². The van der Waals surface area contributed by atoms with E-state index in [0.29, 0.717) is 6.54 Å². The third-order valence-electron chi connectivity index (χ3n) is 4.16. The molecular weight excluding hydrogens is 354 g/mol. The first-order valence-corrected chi connectivity index (χ1v) is 9.70. The molecule has 1 aromatic carbocycles. The molecule has 0 amide bonds. The van der Waals surface area contributed by atoms with Gasteiger partial charge in [0, 0.05) is 24.3 Å². The van der Waals surface area contributed by atoms with Gasteiger partial charge in [-0.1, -0.05) is 53.7 Å². The fraction of sp³-hybridized carbons (Fsp3) is 0.143. The summed E-state index contributed by atoms with van der Waals surface area (Å²) < 4.78 is 2.11. The van der Waals surface area contributed by atoms with Crippen molar-refractivity contribution in [3.05, 3.63) is 89.9 Å². The topological polar surface area (TPSA) is 56.5 Å². The Morgan fingerprint density at radius 1 is 0.889 bits per heavy atom. The summed E-state index contributed by atoms with van der Waals surface area (Å²) in [6.45, 7) is 2.75. The molecule has 0 radical (unpaired) electrons. The Hall–Kier alpha value is -2.99. The van der Waals surface area contributed by atoms with E-state index in [1.165, 1.54) is 11.1 Å². The monoisotopic (exact) mass is 373 g/mol. The van der Waals surface area contributed by atoms with Crippen LogP contribution in [0.4, 0.5) is 0 Å². The molecule has 0 N–H and O–H groups in total. The lowest BCUT2D eigenvalue weighted by Gasteiger charge is -2.10. The highest BCUT2D eigenvalue weighted by Gasteiger charge is 2.16. The Labute approximate surface area is 162 Å². The third-order valence-corrected chi connectivity index (χ3v) is 5.20. The Bertz CT molecular complexity index is 998. The molecule has 4 rings (SSSR count). The molecule has 6 heteroatoms. The van der Waals surface area contributed by atoms with Gasteiger partial charge in [0.15, 0.2) is 11.0 Å². The van der Waals surface area contributed by atoms with E-state index in [-0.39, 0.29) is 0 Å². The van der Waals surface area contributed by atoms with Gasteiger partial charge in [0.2, 0.25) is 0 Å². The molecule has 0 spiro atoms. The first-order chi connectivity index (χ1) is 13.3. The molecule has 0 aliphatic heterocycles. The Morgan fingerprint density at radius 2 is 1.78 bits per heavy atom. The number of aromatic nitrogens is 5. The van der Waals surface area contributed by atoms with E-state index in [1.807, 2.05) is 30.5 Å². The number of pyridine rings is 2. The molecular formula is C21H19N5S. The third kappa shape index (κ3) is 4.23. The van der Waals surface area contributed by atoms with E-state index in [2.05, 4.69) is 62.0 Å². The highest BCUT2D eigenvalue weighted by molar-refractivity contribution is 7.98. The average Bonchev–Trinajstić information content (AvgIpc) is 3.11. The molecule has 0 saturated heterocycles. The summed E-state index contributed by atoms with van der Waals surface area (Å²) in [7, 11) is 0. The van der Waals surface area contributed by atoms with Crippen LogP contribution in [-0.2, 0) is 12.3 Å². The molecule has 27 heavy (non-hydrogen) atoms. The molecule has 0 aliphatic rings. The van der Waals surface area contributed by atoms with Gasteiger partial charge in [0.05, 0.1) is 6.54 Å². The molecule has 0 unspecified atom stereocenters. The van der Waals surface area contributed by atoms with Crippen LogP contribution in [0.25, 0.3) is 11.5 Å². The van der Waals surface area contributed by atoms with Crippen molar-refractivity contribution in [1.29, 1.82) is 0 Å². The predicted molar refractivity (Wildman–Crippen MR) is 107 cm³/mol. The first-order valence-electron chi connectivity index (χ1n) is 8.71. The van der Waals surface area contributed by atoms with Gasteiger partial charge < -0.3 is 0 Å².